The largest absolute Gasteiger partial charge is 0.417 e. The van der Waals surface area contributed by atoms with Gasteiger partial charge in [-0.05, 0) is 44.2 Å². The lowest BCUT2D eigenvalue weighted by atomic mass is 10.1. The van der Waals surface area contributed by atoms with E-state index in [-0.39, 0.29) is 5.91 Å². The van der Waals surface area contributed by atoms with Gasteiger partial charge in [0.15, 0.2) is 5.58 Å². The number of aryl methyl sites for hydroxylation is 2. The Morgan fingerprint density at radius 3 is 2.81 bits per heavy atom. The number of hydrogen-bond acceptors (Lipinski definition) is 4. The van der Waals surface area contributed by atoms with Gasteiger partial charge in [0.05, 0.1) is 16.8 Å². The van der Waals surface area contributed by atoms with Crippen molar-refractivity contribution in [3.8, 4) is 0 Å². The number of fused-ring (bicyclic) bond motifs is 1. The summed E-state index contributed by atoms with van der Waals surface area (Å²) in [6, 6.07) is 8.48. The summed E-state index contributed by atoms with van der Waals surface area (Å²) in [5.74, 6) is -0.766. The number of aromatic nitrogens is 2. The quantitative estimate of drug-likeness (QED) is 0.755. The maximum atomic E-state index is 12.2. The van der Waals surface area contributed by atoms with Crippen LogP contribution in [0.25, 0.3) is 11.1 Å². The van der Waals surface area contributed by atoms with Crippen LogP contribution in [0.15, 0.2) is 39.5 Å². The topological polar surface area (TPSA) is 88.0 Å². The molecule has 0 aliphatic heterocycles. The molecule has 6 heteroatoms. The minimum Gasteiger partial charge on any atom is -0.408 e. The first kappa shape index (κ1) is 13.1. The van der Waals surface area contributed by atoms with Crippen LogP contribution in [0.2, 0.25) is 0 Å². The Morgan fingerprint density at radius 2 is 2.05 bits per heavy atom. The van der Waals surface area contributed by atoms with Gasteiger partial charge in [-0.3, -0.25) is 14.8 Å². The fourth-order valence-electron chi connectivity index (χ4n) is 2.15. The molecule has 0 bridgehead atoms. The first-order chi connectivity index (χ1) is 10.0. The molecule has 6 nitrogen and oxygen atoms in total. The normalized spacial score (nSPS) is 10.8. The lowest BCUT2D eigenvalue weighted by Crippen LogP contribution is -2.14. The highest BCUT2D eigenvalue weighted by Gasteiger charge is 2.11. The van der Waals surface area contributed by atoms with E-state index in [4.69, 9.17) is 4.42 Å². The molecule has 21 heavy (non-hydrogen) atoms. The molecule has 0 fully saturated rings. The number of anilines is 1. The zero-order valence-corrected chi connectivity index (χ0v) is 11.6. The number of carbonyl (C=O) groups is 1. The van der Waals surface area contributed by atoms with Gasteiger partial charge in [0.25, 0.3) is 5.91 Å². The van der Waals surface area contributed by atoms with E-state index >= 15 is 0 Å². The van der Waals surface area contributed by atoms with Gasteiger partial charge in [0.1, 0.15) is 0 Å². The van der Waals surface area contributed by atoms with Crippen molar-refractivity contribution in [2.45, 2.75) is 13.8 Å². The lowest BCUT2D eigenvalue weighted by Gasteiger charge is -2.07. The standard InChI is InChI=1S/C15H13N3O3/c1-8-3-5-11(9(2)16-8)14(19)17-10-4-6-13-12(7-10)18-15(20)21-13/h3-7H,1-2H3,(H,17,19)(H,18,20). The maximum Gasteiger partial charge on any atom is 0.417 e. The highest BCUT2D eigenvalue weighted by atomic mass is 16.4. The summed E-state index contributed by atoms with van der Waals surface area (Å²) in [5.41, 5.74) is 3.61. The number of benzene rings is 1. The highest BCUT2D eigenvalue weighted by molar-refractivity contribution is 6.05. The van der Waals surface area contributed by atoms with Gasteiger partial charge < -0.3 is 9.73 Å². The molecule has 1 aromatic carbocycles. The van der Waals surface area contributed by atoms with Gasteiger partial charge in [-0.15, -0.1) is 0 Å². The summed E-state index contributed by atoms with van der Waals surface area (Å²) in [7, 11) is 0. The van der Waals surface area contributed by atoms with Crippen molar-refractivity contribution in [1.82, 2.24) is 9.97 Å². The van der Waals surface area contributed by atoms with Crippen LogP contribution in [0.1, 0.15) is 21.7 Å². The minimum atomic E-state index is -0.521. The highest BCUT2D eigenvalue weighted by Crippen LogP contribution is 2.17. The molecule has 3 rings (SSSR count). The van der Waals surface area contributed by atoms with E-state index in [1.165, 1.54) is 0 Å². The molecule has 0 aliphatic rings. The Bertz CT molecular complexity index is 893. The molecule has 0 atom stereocenters. The molecule has 0 radical (unpaired) electrons. The van der Waals surface area contributed by atoms with Crippen LogP contribution in [-0.4, -0.2) is 15.9 Å². The summed E-state index contributed by atoms with van der Waals surface area (Å²) >= 11 is 0. The molecule has 0 saturated heterocycles. The molecule has 3 aromatic rings. The number of carbonyl (C=O) groups excluding carboxylic acids is 1. The molecule has 0 spiro atoms. The molecule has 2 heterocycles. The van der Waals surface area contributed by atoms with Gasteiger partial charge in [-0.1, -0.05) is 0 Å². The summed E-state index contributed by atoms with van der Waals surface area (Å²) in [4.78, 5) is 30.2. The van der Waals surface area contributed by atoms with Crippen molar-refractivity contribution in [3.63, 3.8) is 0 Å². The van der Waals surface area contributed by atoms with Gasteiger partial charge >= 0.3 is 5.76 Å². The number of amides is 1. The number of pyridine rings is 1. The van der Waals surface area contributed by atoms with E-state index < -0.39 is 5.76 Å². The molecule has 0 aliphatic carbocycles. The Labute approximate surface area is 119 Å². The number of aromatic amines is 1. The third-order valence-electron chi connectivity index (χ3n) is 3.15. The third kappa shape index (κ3) is 2.55. The van der Waals surface area contributed by atoms with Crippen molar-refractivity contribution in [3.05, 3.63) is 57.8 Å². The number of oxazole rings is 1. The summed E-state index contributed by atoms with van der Waals surface area (Å²) < 4.78 is 4.91. The molecule has 1 amide bonds. The fraction of sp³-hybridized carbons (Fsp3) is 0.133. The van der Waals surface area contributed by atoms with Crippen molar-refractivity contribution in [1.29, 1.82) is 0 Å². The summed E-state index contributed by atoms with van der Waals surface area (Å²) in [6.45, 7) is 3.66. The summed E-state index contributed by atoms with van der Waals surface area (Å²) in [5, 5.41) is 2.78. The third-order valence-corrected chi connectivity index (χ3v) is 3.15. The van der Waals surface area contributed by atoms with Crippen LogP contribution >= 0.6 is 0 Å². The van der Waals surface area contributed by atoms with Crippen LogP contribution in [-0.2, 0) is 0 Å². The fourth-order valence-corrected chi connectivity index (χ4v) is 2.15. The van der Waals surface area contributed by atoms with Crippen LogP contribution in [0.4, 0.5) is 5.69 Å². The SMILES string of the molecule is Cc1ccc(C(=O)Nc2ccc3oc(=O)[nH]c3c2)c(C)n1. The Morgan fingerprint density at radius 1 is 1.24 bits per heavy atom. The predicted octanol–water partition coefficient (Wildman–Crippen LogP) is 2.39. The van der Waals surface area contributed by atoms with Crippen LogP contribution in [0, 0.1) is 13.8 Å². The van der Waals surface area contributed by atoms with Crippen molar-refractivity contribution >= 4 is 22.7 Å². The van der Waals surface area contributed by atoms with Gasteiger partial charge in [0.2, 0.25) is 0 Å². The lowest BCUT2D eigenvalue weighted by molar-refractivity contribution is 0.102. The monoisotopic (exact) mass is 283 g/mol. The first-order valence-corrected chi connectivity index (χ1v) is 6.41. The van der Waals surface area contributed by atoms with Crippen LogP contribution in [0.5, 0.6) is 0 Å². The molecule has 0 unspecified atom stereocenters. The van der Waals surface area contributed by atoms with Crippen LogP contribution < -0.4 is 11.1 Å². The van der Waals surface area contributed by atoms with Gasteiger partial charge in [0, 0.05) is 11.4 Å². The Balaban J connectivity index is 1.90. The van der Waals surface area contributed by atoms with Crippen molar-refractivity contribution in [2.24, 2.45) is 0 Å². The zero-order valence-electron chi connectivity index (χ0n) is 11.6. The second kappa shape index (κ2) is 4.90. The van der Waals surface area contributed by atoms with E-state index in [1.807, 2.05) is 6.92 Å². The second-order valence-corrected chi connectivity index (χ2v) is 4.77. The smallest absolute Gasteiger partial charge is 0.408 e. The minimum absolute atomic E-state index is 0.245. The molecular formula is C15H13N3O3. The number of hydrogen-bond donors (Lipinski definition) is 2. The zero-order chi connectivity index (χ0) is 15.0. The molecule has 106 valence electrons. The average molecular weight is 283 g/mol. The van der Waals surface area contributed by atoms with Crippen LogP contribution in [0.3, 0.4) is 0 Å². The summed E-state index contributed by atoms with van der Waals surface area (Å²) in [6.07, 6.45) is 0. The molecule has 2 N–H and O–H groups in total. The van der Waals surface area contributed by atoms with Crippen molar-refractivity contribution in [2.75, 3.05) is 5.32 Å². The van der Waals surface area contributed by atoms with E-state index in [1.54, 1.807) is 37.3 Å². The second-order valence-electron chi connectivity index (χ2n) is 4.77. The maximum absolute atomic E-state index is 12.2. The average Bonchev–Trinajstić information content (AvgIpc) is 2.77. The van der Waals surface area contributed by atoms with E-state index in [9.17, 15) is 9.59 Å². The van der Waals surface area contributed by atoms with E-state index in [0.29, 0.717) is 28.0 Å². The van der Waals surface area contributed by atoms with Gasteiger partial charge in [-0.25, -0.2) is 4.79 Å². The number of nitrogens with zero attached hydrogens (tertiary/aromatic N) is 1. The molecule has 0 saturated carbocycles. The van der Waals surface area contributed by atoms with Gasteiger partial charge in [-0.2, -0.15) is 0 Å². The number of nitrogens with one attached hydrogen (secondary N) is 2. The molecule has 2 aromatic heterocycles. The predicted molar refractivity (Wildman–Crippen MR) is 78.5 cm³/mol. The van der Waals surface area contributed by atoms with Crippen molar-refractivity contribution < 1.29 is 9.21 Å². The number of rotatable bonds is 2. The van der Waals surface area contributed by atoms with E-state index in [0.717, 1.165) is 5.69 Å². The van der Waals surface area contributed by atoms with E-state index in [2.05, 4.69) is 15.3 Å². The number of H-pyrrole nitrogens is 1. The Kier molecular flexibility index (Phi) is 3.06. The first-order valence-electron chi connectivity index (χ1n) is 6.41. The molecular weight excluding hydrogens is 270 g/mol. The Hall–Kier alpha value is -2.89.